The summed E-state index contributed by atoms with van der Waals surface area (Å²) < 4.78 is 13.7. The van der Waals surface area contributed by atoms with Crippen LogP contribution in [-0.4, -0.2) is 46.2 Å². The van der Waals surface area contributed by atoms with Crippen molar-refractivity contribution >= 4 is 35.1 Å². The number of amides is 3. The van der Waals surface area contributed by atoms with Crippen LogP contribution in [0.3, 0.4) is 0 Å². The number of phenolic OH excluding ortho intramolecular Hbond substituents is 1. The summed E-state index contributed by atoms with van der Waals surface area (Å²) in [6, 6.07) is 16.6. The highest BCUT2D eigenvalue weighted by Crippen LogP contribution is 2.36. The lowest BCUT2D eigenvalue weighted by atomic mass is 9.96. The number of thiophene rings is 1. The van der Waals surface area contributed by atoms with Gasteiger partial charge in [-0.1, -0.05) is 18.2 Å². The topological polar surface area (TPSA) is 164 Å². The molecule has 10 nitrogen and oxygen atoms in total. The first-order valence-electron chi connectivity index (χ1n) is 11.4. The van der Waals surface area contributed by atoms with Crippen LogP contribution in [0.5, 0.6) is 5.75 Å². The molecule has 0 saturated carbocycles. The lowest BCUT2D eigenvalue weighted by molar-refractivity contribution is 0.0952. The third kappa shape index (κ3) is 6.35. The number of carbonyl (C=O) groups is 3. The first kappa shape index (κ1) is 26.8. The van der Waals surface area contributed by atoms with Gasteiger partial charge in [0.2, 0.25) is 0 Å². The number of carboxylic acid groups (broad SMARTS) is 1. The molecule has 0 aliphatic heterocycles. The predicted molar refractivity (Wildman–Crippen MR) is 142 cm³/mol. The highest BCUT2D eigenvalue weighted by molar-refractivity contribution is 7.12. The van der Waals surface area contributed by atoms with Crippen molar-refractivity contribution in [1.82, 2.24) is 15.6 Å². The second-order valence-corrected chi connectivity index (χ2v) is 9.00. The molecular formula is C27H20FN5O5S. The van der Waals surface area contributed by atoms with E-state index in [0.29, 0.717) is 16.0 Å². The molecule has 4 aromatic rings. The first-order chi connectivity index (χ1) is 18.8. The quantitative estimate of drug-likeness (QED) is 0.204. The van der Waals surface area contributed by atoms with Crippen LogP contribution >= 0.6 is 11.3 Å². The number of rotatable bonds is 8. The van der Waals surface area contributed by atoms with Gasteiger partial charge in [0.15, 0.2) is 5.82 Å². The van der Waals surface area contributed by atoms with Gasteiger partial charge in [0, 0.05) is 35.8 Å². The lowest BCUT2D eigenvalue weighted by Crippen LogP contribution is -2.33. The Morgan fingerprint density at radius 1 is 0.974 bits per heavy atom. The molecule has 0 fully saturated rings. The Morgan fingerprint density at radius 3 is 2.46 bits per heavy atom. The van der Waals surface area contributed by atoms with Crippen LogP contribution in [0.4, 0.5) is 15.0 Å². The lowest BCUT2D eigenvalue weighted by Gasteiger charge is -2.15. The largest absolute Gasteiger partial charge is 0.507 e. The molecule has 0 atom stereocenters. The monoisotopic (exact) mass is 545 g/mol. The van der Waals surface area contributed by atoms with E-state index in [4.69, 9.17) is 5.11 Å². The minimum atomic E-state index is -1.21. The number of aromatic hydroxyl groups is 1. The maximum atomic E-state index is 13.7. The van der Waals surface area contributed by atoms with E-state index in [-0.39, 0.29) is 41.3 Å². The molecule has 12 heteroatoms. The molecule has 0 radical (unpaired) electrons. The van der Waals surface area contributed by atoms with Gasteiger partial charge in [-0.15, -0.1) is 11.3 Å². The van der Waals surface area contributed by atoms with E-state index < -0.39 is 29.5 Å². The summed E-state index contributed by atoms with van der Waals surface area (Å²) in [5.41, 5.74) is 1.29. The number of anilines is 1. The fourth-order valence-electron chi connectivity index (χ4n) is 3.69. The van der Waals surface area contributed by atoms with Crippen molar-refractivity contribution in [3.05, 3.63) is 87.9 Å². The summed E-state index contributed by atoms with van der Waals surface area (Å²) in [6.07, 6.45) is -1.21. The van der Waals surface area contributed by atoms with E-state index in [9.17, 15) is 29.1 Å². The predicted octanol–water partition coefficient (Wildman–Crippen LogP) is 4.44. The normalized spacial score (nSPS) is 10.4. The van der Waals surface area contributed by atoms with Crippen LogP contribution in [0.25, 0.3) is 22.4 Å². The van der Waals surface area contributed by atoms with Crippen molar-refractivity contribution in [2.45, 2.75) is 0 Å². The molecule has 0 aliphatic rings. The van der Waals surface area contributed by atoms with Gasteiger partial charge in [0.05, 0.1) is 10.6 Å². The van der Waals surface area contributed by atoms with E-state index in [2.05, 4.69) is 27.0 Å². The second kappa shape index (κ2) is 11.8. The molecule has 2 aromatic heterocycles. The molecule has 2 aromatic carbocycles. The molecule has 5 N–H and O–H groups in total. The summed E-state index contributed by atoms with van der Waals surface area (Å²) >= 11 is 1.20. The van der Waals surface area contributed by atoms with Gasteiger partial charge in [-0.25, -0.2) is 14.2 Å². The van der Waals surface area contributed by atoms with Gasteiger partial charge in [0.25, 0.3) is 11.8 Å². The molecule has 0 aliphatic carbocycles. The van der Waals surface area contributed by atoms with Crippen molar-refractivity contribution in [2.75, 3.05) is 18.4 Å². The van der Waals surface area contributed by atoms with Gasteiger partial charge in [-0.3, -0.25) is 9.59 Å². The number of carbonyl (C=O) groups excluding carboxylic acids is 2. The van der Waals surface area contributed by atoms with Gasteiger partial charge < -0.3 is 26.2 Å². The van der Waals surface area contributed by atoms with Crippen LogP contribution in [0.15, 0.2) is 66.0 Å². The number of aromatic nitrogens is 1. The van der Waals surface area contributed by atoms with Gasteiger partial charge in [0.1, 0.15) is 23.2 Å². The zero-order valence-electron chi connectivity index (χ0n) is 20.1. The minimum Gasteiger partial charge on any atom is -0.507 e. The Kier molecular flexibility index (Phi) is 8.13. The van der Waals surface area contributed by atoms with Crippen molar-refractivity contribution in [2.24, 2.45) is 0 Å². The molecule has 196 valence electrons. The Balaban J connectivity index is 1.78. The summed E-state index contributed by atoms with van der Waals surface area (Å²) in [7, 11) is 0. The van der Waals surface area contributed by atoms with Crippen molar-refractivity contribution < 1.29 is 29.0 Å². The number of hydrogen-bond acceptors (Lipinski definition) is 7. The van der Waals surface area contributed by atoms with Crippen LogP contribution in [0.1, 0.15) is 25.6 Å². The SMILES string of the molecule is N#Cc1c(-c2cccc(C(=O)NCCNC(=O)O)c2)cc(-c2ccc(F)cc2O)nc1NC(=O)c1cccs1. The van der Waals surface area contributed by atoms with E-state index in [1.54, 1.807) is 35.7 Å². The molecule has 0 unspecified atom stereocenters. The smallest absolute Gasteiger partial charge is 0.404 e. The highest BCUT2D eigenvalue weighted by Gasteiger charge is 2.20. The number of nitrogens with zero attached hydrogens (tertiary/aromatic N) is 2. The van der Waals surface area contributed by atoms with Gasteiger partial charge >= 0.3 is 6.09 Å². The molecule has 3 amide bonds. The minimum absolute atomic E-state index is 0.00785. The highest BCUT2D eigenvalue weighted by atomic mass is 32.1. The fraction of sp³-hybridized carbons (Fsp3) is 0.0741. The molecule has 39 heavy (non-hydrogen) atoms. The second-order valence-electron chi connectivity index (χ2n) is 8.05. The van der Waals surface area contributed by atoms with Crippen molar-refractivity contribution in [3.8, 4) is 34.2 Å². The standard InChI is InChI=1S/C27H20FN5O5S/c28-17-6-7-18(22(34)12-17)21-13-19(20(14-29)24(32-21)33-26(36)23-5-2-10-39-23)15-3-1-4-16(11-15)25(35)30-8-9-31-27(37)38/h1-7,10-13,31,34H,8-9H2,(H,30,35)(H,37,38)(H,32,33,36). The number of hydrogen-bond donors (Lipinski definition) is 5. The van der Waals surface area contributed by atoms with Crippen molar-refractivity contribution in [1.29, 1.82) is 5.26 Å². The summed E-state index contributed by atoms with van der Waals surface area (Å²) in [6.45, 7) is 0.0719. The Labute approximate surface area is 225 Å². The number of phenols is 1. The molecule has 0 spiro atoms. The van der Waals surface area contributed by atoms with Crippen LogP contribution in [0.2, 0.25) is 0 Å². The number of nitriles is 1. The molecule has 2 heterocycles. The third-order valence-corrected chi connectivity index (χ3v) is 6.34. The summed E-state index contributed by atoms with van der Waals surface area (Å²) in [5.74, 6) is -2.10. The van der Waals surface area contributed by atoms with Crippen molar-refractivity contribution in [3.63, 3.8) is 0 Å². The number of halogens is 1. The fourth-order valence-corrected chi connectivity index (χ4v) is 4.31. The number of nitrogens with one attached hydrogen (secondary N) is 3. The van der Waals surface area contributed by atoms with E-state index in [0.717, 1.165) is 12.1 Å². The van der Waals surface area contributed by atoms with E-state index in [1.807, 2.05) is 0 Å². The zero-order chi connectivity index (χ0) is 27.9. The summed E-state index contributed by atoms with van der Waals surface area (Å²) in [4.78, 5) is 40.8. The van der Waals surface area contributed by atoms with Gasteiger partial charge in [-0.05, 0) is 47.3 Å². The Hall–Kier alpha value is -5.28. The van der Waals surface area contributed by atoms with Crippen LogP contribution in [0, 0.1) is 17.1 Å². The van der Waals surface area contributed by atoms with Gasteiger partial charge in [-0.2, -0.15) is 5.26 Å². The Morgan fingerprint density at radius 2 is 1.77 bits per heavy atom. The average Bonchev–Trinajstić information content (AvgIpc) is 3.46. The Bertz CT molecular complexity index is 1600. The summed E-state index contributed by atoms with van der Waals surface area (Å²) in [5, 5.41) is 38.2. The van der Waals surface area contributed by atoms with Crippen LogP contribution < -0.4 is 16.0 Å². The maximum absolute atomic E-state index is 13.7. The zero-order valence-corrected chi connectivity index (χ0v) is 20.9. The molecule has 0 saturated heterocycles. The maximum Gasteiger partial charge on any atom is 0.404 e. The first-order valence-corrected chi connectivity index (χ1v) is 12.3. The van der Waals surface area contributed by atoms with E-state index in [1.165, 1.54) is 29.5 Å². The molecular weight excluding hydrogens is 525 g/mol. The number of pyridine rings is 1. The van der Waals surface area contributed by atoms with Crippen LogP contribution in [-0.2, 0) is 0 Å². The number of benzene rings is 2. The van der Waals surface area contributed by atoms with E-state index >= 15 is 0 Å². The third-order valence-electron chi connectivity index (χ3n) is 5.47. The average molecular weight is 546 g/mol. The molecule has 4 rings (SSSR count). The molecule has 0 bridgehead atoms.